The number of fused-ring (bicyclic) bond motifs is 2. The van der Waals surface area contributed by atoms with Gasteiger partial charge in [-0.3, -0.25) is 0 Å². The number of methoxy groups -OCH3 is 1. The van der Waals surface area contributed by atoms with E-state index >= 15 is 0 Å². The summed E-state index contributed by atoms with van der Waals surface area (Å²) in [6.07, 6.45) is 0.745. The molecule has 0 aromatic carbocycles. The van der Waals surface area contributed by atoms with Crippen LogP contribution in [0.3, 0.4) is 0 Å². The third-order valence-electron chi connectivity index (χ3n) is 2.70. The van der Waals surface area contributed by atoms with Crippen molar-refractivity contribution >= 4 is 0 Å². The van der Waals surface area contributed by atoms with Crippen LogP contribution >= 0.6 is 0 Å². The van der Waals surface area contributed by atoms with Crippen molar-refractivity contribution in [1.29, 1.82) is 0 Å². The fraction of sp³-hybridized carbons (Fsp3) is 0.667. The van der Waals surface area contributed by atoms with Gasteiger partial charge in [-0.2, -0.15) is 6.61 Å². The maximum atomic E-state index is 5.53. The van der Waals surface area contributed by atoms with Crippen molar-refractivity contribution in [2.75, 3.05) is 7.11 Å². The summed E-state index contributed by atoms with van der Waals surface area (Å²) in [5.74, 6) is 0.698. The van der Waals surface area contributed by atoms with Crippen LogP contribution in [0.5, 0.6) is 0 Å². The molecule has 2 saturated heterocycles. The normalized spacial score (nSPS) is 41.5. The van der Waals surface area contributed by atoms with Crippen molar-refractivity contribution in [3.8, 4) is 0 Å². The van der Waals surface area contributed by atoms with Gasteiger partial charge in [-0.1, -0.05) is 13.5 Å². The summed E-state index contributed by atoms with van der Waals surface area (Å²) >= 11 is 0. The van der Waals surface area contributed by atoms with Gasteiger partial charge in [-0.25, -0.2) is 0 Å². The van der Waals surface area contributed by atoms with Crippen LogP contribution in [0.4, 0.5) is 0 Å². The largest absolute Gasteiger partial charge is 0.536 e. The molecule has 0 radical (unpaired) electrons. The molecule has 0 N–H and O–H groups in total. The Bertz CT molecular complexity index is 219. The van der Waals surface area contributed by atoms with E-state index in [2.05, 4.69) is 6.58 Å². The Morgan fingerprint density at radius 1 is 1.69 bits per heavy atom. The van der Waals surface area contributed by atoms with Gasteiger partial charge in [0, 0.05) is 44.3 Å². The maximum absolute atomic E-state index is 5.53. The Morgan fingerprint density at radius 2 is 2.38 bits per heavy atom. The molecular formula is C9H13O3U-. The van der Waals surface area contributed by atoms with Gasteiger partial charge in [-0.15, -0.1) is 0 Å². The van der Waals surface area contributed by atoms with Gasteiger partial charge < -0.3 is 14.2 Å². The third kappa shape index (κ3) is 1.39. The molecule has 0 saturated carbocycles. The van der Waals surface area contributed by atoms with Gasteiger partial charge in [0.25, 0.3) is 0 Å². The zero-order valence-electron chi connectivity index (χ0n) is 7.87. The second-order valence-corrected chi connectivity index (χ2v) is 3.16. The first kappa shape index (κ1) is 11.6. The third-order valence-corrected chi connectivity index (χ3v) is 2.70. The summed E-state index contributed by atoms with van der Waals surface area (Å²) in [4.78, 5) is 0. The number of hydrogen-bond acceptors (Lipinski definition) is 3. The molecular weight excluding hydrogens is 394 g/mol. The van der Waals surface area contributed by atoms with Gasteiger partial charge in [0.2, 0.25) is 0 Å². The van der Waals surface area contributed by atoms with Crippen LogP contribution in [0, 0.1) is 37.7 Å². The van der Waals surface area contributed by atoms with E-state index in [0.717, 1.165) is 6.42 Å². The Balaban J connectivity index is 0.000000845. The van der Waals surface area contributed by atoms with Gasteiger partial charge in [0.1, 0.15) is 17.5 Å². The second-order valence-electron chi connectivity index (χ2n) is 3.16. The monoisotopic (exact) mass is 407 g/mol. The molecule has 0 aliphatic carbocycles. The predicted octanol–water partition coefficient (Wildman–Crippen LogP) is 1.25. The minimum Gasteiger partial charge on any atom is -0.536 e. The molecule has 13 heavy (non-hydrogen) atoms. The minimum atomic E-state index is -0.417. The molecule has 72 valence electrons. The van der Waals surface area contributed by atoms with E-state index in [1.165, 1.54) is 0 Å². The average Bonchev–Trinajstić information content (AvgIpc) is 2.55. The van der Waals surface area contributed by atoms with E-state index < -0.39 is 5.60 Å². The molecule has 4 heteroatoms. The topological polar surface area (TPSA) is 27.7 Å². The van der Waals surface area contributed by atoms with Crippen LogP contribution in [0.15, 0.2) is 12.3 Å². The summed E-state index contributed by atoms with van der Waals surface area (Å²) in [6, 6.07) is 0. The molecule has 2 heterocycles. The first-order valence-electron chi connectivity index (χ1n) is 4.14. The average molecular weight is 407 g/mol. The summed E-state index contributed by atoms with van der Waals surface area (Å²) < 4.78 is 16.3. The van der Waals surface area contributed by atoms with E-state index in [1.54, 1.807) is 13.7 Å². The van der Waals surface area contributed by atoms with Crippen LogP contribution in [0.25, 0.3) is 0 Å². The molecule has 2 aliphatic rings. The molecule has 2 fully saturated rings. The Labute approximate surface area is 102 Å². The molecule has 2 aliphatic heterocycles. The Morgan fingerprint density at radius 3 is 2.77 bits per heavy atom. The summed E-state index contributed by atoms with van der Waals surface area (Å²) in [5.41, 5.74) is -0.417. The first-order valence-corrected chi connectivity index (χ1v) is 4.14. The van der Waals surface area contributed by atoms with Crippen molar-refractivity contribution in [2.24, 2.45) is 0 Å². The fourth-order valence-corrected chi connectivity index (χ4v) is 1.98. The Hall–Kier alpha value is 0.512. The smallest absolute Gasteiger partial charge is 0.120 e. The quantitative estimate of drug-likeness (QED) is 0.646. The molecule has 3 nitrogen and oxygen atoms in total. The minimum absolute atomic E-state index is 0. The van der Waals surface area contributed by atoms with E-state index in [4.69, 9.17) is 14.2 Å². The fourth-order valence-electron chi connectivity index (χ4n) is 1.98. The number of ether oxygens (including phenoxy) is 3. The Kier molecular flexibility index (Phi) is 3.51. The van der Waals surface area contributed by atoms with Crippen LogP contribution < -0.4 is 0 Å². The van der Waals surface area contributed by atoms with E-state index in [-0.39, 0.29) is 43.3 Å². The second kappa shape index (κ2) is 3.94. The molecule has 0 spiro atoms. The standard InChI is InChI=1S/C9H13O3.U/c1-4-9-6(2)12-7(5-11-9)8(9)10-3;/h5,7-8H,2,4H2,1,3H3;/q-1;/t7-,8-,9-;/m0./s1. The first-order chi connectivity index (χ1) is 5.74. The zero-order valence-corrected chi connectivity index (χ0v) is 12.0. The van der Waals surface area contributed by atoms with E-state index in [0.29, 0.717) is 5.76 Å². The summed E-state index contributed by atoms with van der Waals surface area (Å²) in [7, 11) is 1.67. The van der Waals surface area contributed by atoms with Gasteiger partial charge in [0.15, 0.2) is 0 Å². The zero-order chi connectivity index (χ0) is 8.77. The van der Waals surface area contributed by atoms with Crippen LogP contribution in [-0.4, -0.2) is 24.9 Å². The van der Waals surface area contributed by atoms with Crippen LogP contribution in [0.2, 0.25) is 0 Å². The van der Waals surface area contributed by atoms with Crippen molar-refractivity contribution < 1.29 is 45.3 Å². The van der Waals surface area contributed by atoms with Crippen molar-refractivity contribution in [3.63, 3.8) is 0 Å². The van der Waals surface area contributed by atoms with Crippen molar-refractivity contribution in [2.45, 2.75) is 31.2 Å². The predicted molar refractivity (Wildman–Crippen MR) is 43.2 cm³/mol. The summed E-state index contributed by atoms with van der Waals surface area (Å²) in [5, 5.41) is 0. The van der Waals surface area contributed by atoms with E-state index in [1.807, 2.05) is 6.92 Å². The summed E-state index contributed by atoms with van der Waals surface area (Å²) in [6.45, 7) is 7.58. The van der Waals surface area contributed by atoms with Crippen molar-refractivity contribution in [3.05, 3.63) is 18.9 Å². The number of hydrogen-bond donors (Lipinski definition) is 0. The molecule has 0 unspecified atom stereocenters. The van der Waals surface area contributed by atoms with Crippen LogP contribution in [-0.2, 0) is 14.2 Å². The van der Waals surface area contributed by atoms with Gasteiger partial charge in [0.05, 0.1) is 0 Å². The molecule has 2 bridgehead atoms. The van der Waals surface area contributed by atoms with Gasteiger partial charge >= 0.3 is 0 Å². The van der Waals surface area contributed by atoms with E-state index in [9.17, 15) is 0 Å². The molecule has 0 amide bonds. The molecule has 0 aromatic rings. The molecule has 0 aromatic heterocycles. The number of rotatable bonds is 2. The van der Waals surface area contributed by atoms with Gasteiger partial charge in [-0.05, 0) is 6.42 Å². The van der Waals surface area contributed by atoms with Crippen molar-refractivity contribution in [1.82, 2.24) is 0 Å². The molecule has 2 rings (SSSR count). The maximum Gasteiger partial charge on any atom is 0.120 e. The van der Waals surface area contributed by atoms with Crippen LogP contribution in [0.1, 0.15) is 13.3 Å². The molecule has 3 atom stereocenters. The SMILES string of the molecule is C=C1O[C@H]2[CH-]O[C@]1(CC)[C@H]2OC.[U].